The average molecular weight is 240 g/mol. The second-order valence-electron chi connectivity index (χ2n) is 3.18. The Balaban J connectivity index is 2.21. The fraction of sp³-hybridized carbons (Fsp3) is 0.667. The minimum atomic E-state index is -4.20. The van der Waals surface area contributed by atoms with Gasteiger partial charge >= 0.3 is 6.18 Å². The molecule has 16 heavy (non-hydrogen) atoms. The third kappa shape index (κ3) is 5.11. The van der Waals surface area contributed by atoms with Gasteiger partial charge in [-0.15, -0.1) is 0 Å². The third-order valence-corrected chi connectivity index (χ3v) is 1.79. The van der Waals surface area contributed by atoms with Crippen molar-refractivity contribution >= 4 is 0 Å². The Labute approximate surface area is 90.0 Å². The molecule has 0 aliphatic carbocycles. The van der Waals surface area contributed by atoms with Crippen molar-refractivity contribution in [2.75, 3.05) is 13.3 Å². The molecule has 0 spiro atoms. The molecule has 1 heterocycles. The normalized spacial score (nSPS) is 12.0. The van der Waals surface area contributed by atoms with E-state index in [0.717, 1.165) is 0 Å². The topological polar surface area (TPSA) is 27.1 Å². The molecule has 0 bridgehead atoms. The third-order valence-electron chi connectivity index (χ3n) is 1.79. The highest BCUT2D eigenvalue weighted by Crippen LogP contribution is 2.19. The summed E-state index contributed by atoms with van der Waals surface area (Å²) in [6.07, 6.45) is -3.62. The molecule has 0 fully saturated rings. The van der Waals surface area contributed by atoms with Crippen molar-refractivity contribution in [2.45, 2.75) is 25.7 Å². The highest BCUT2D eigenvalue weighted by atomic mass is 19.4. The van der Waals surface area contributed by atoms with E-state index in [1.807, 2.05) is 0 Å². The van der Waals surface area contributed by atoms with Crippen molar-refractivity contribution in [3.8, 4) is 0 Å². The van der Waals surface area contributed by atoms with Crippen molar-refractivity contribution in [1.82, 2.24) is 9.78 Å². The van der Waals surface area contributed by atoms with E-state index in [0.29, 0.717) is 5.69 Å². The molecule has 1 aromatic rings. The van der Waals surface area contributed by atoms with E-state index >= 15 is 0 Å². The number of hydrogen-bond acceptors (Lipinski definition) is 2. The summed E-state index contributed by atoms with van der Waals surface area (Å²) in [7, 11) is 0. The molecule has 3 nitrogen and oxygen atoms in total. The summed E-state index contributed by atoms with van der Waals surface area (Å²) in [5.74, 6) is 0. The van der Waals surface area contributed by atoms with Gasteiger partial charge in [-0.3, -0.25) is 4.68 Å². The Morgan fingerprint density at radius 2 is 2.12 bits per heavy atom. The molecular formula is C9H12F4N2O. The molecule has 92 valence electrons. The molecule has 0 aliphatic rings. The lowest BCUT2D eigenvalue weighted by atomic mass is 10.4. The minimum Gasteiger partial charge on any atom is -0.375 e. The minimum absolute atomic E-state index is 0.00929. The first-order chi connectivity index (χ1) is 7.51. The zero-order valence-electron chi connectivity index (χ0n) is 8.50. The fourth-order valence-electron chi connectivity index (χ4n) is 1.06. The Morgan fingerprint density at radius 3 is 2.75 bits per heavy atom. The number of alkyl halides is 4. The molecule has 0 N–H and O–H groups in total. The molecule has 0 unspecified atom stereocenters. The van der Waals surface area contributed by atoms with Crippen LogP contribution in [0.15, 0.2) is 12.3 Å². The highest BCUT2D eigenvalue weighted by Gasteiger charge is 2.26. The van der Waals surface area contributed by atoms with Gasteiger partial charge in [-0.2, -0.15) is 18.3 Å². The van der Waals surface area contributed by atoms with E-state index in [2.05, 4.69) is 5.10 Å². The van der Waals surface area contributed by atoms with Crippen molar-refractivity contribution in [3.05, 3.63) is 18.0 Å². The molecule has 0 radical (unpaired) electrons. The van der Waals surface area contributed by atoms with Crippen LogP contribution in [0.2, 0.25) is 0 Å². The molecule has 0 saturated heterocycles. The quantitative estimate of drug-likeness (QED) is 0.563. The van der Waals surface area contributed by atoms with Crippen LogP contribution in [0.1, 0.15) is 12.1 Å². The summed E-state index contributed by atoms with van der Waals surface area (Å²) in [5, 5.41) is 3.90. The van der Waals surface area contributed by atoms with Gasteiger partial charge in [0.05, 0.1) is 31.9 Å². The van der Waals surface area contributed by atoms with Gasteiger partial charge in [0.1, 0.15) is 6.67 Å². The number of hydrogen-bond donors (Lipinski definition) is 0. The summed E-state index contributed by atoms with van der Waals surface area (Å²) >= 11 is 0. The lowest BCUT2D eigenvalue weighted by Crippen LogP contribution is -2.11. The number of aromatic nitrogens is 2. The number of aryl methyl sites for hydroxylation is 1. The summed E-state index contributed by atoms with van der Waals surface area (Å²) < 4.78 is 53.3. The number of halogens is 4. The first kappa shape index (κ1) is 13.0. The van der Waals surface area contributed by atoms with Crippen LogP contribution in [0.25, 0.3) is 0 Å². The molecule has 1 rings (SSSR count). The number of nitrogens with zero attached hydrogens (tertiary/aromatic N) is 2. The van der Waals surface area contributed by atoms with Crippen LogP contribution in [0, 0.1) is 0 Å². The Kier molecular flexibility index (Phi) is 4.72. The van der Waals surface area contributed by atoms with Crippen LogP contribution >= 0.6 is 0 Å². The molecule has 0 amide bonds. The molecule has 7 heteroatoms. The summed E-state index contributed by atoms with van der Waals surface area (Å²) in [6.45, 7) is -0.770. The van der Waals surface area contributed by atoms with Gasteiger partial charge in [-0.25, -0.2) is 4.39 Å². The molecular weight excluding hydrogens is 228 g/mol. The standard InChI is InChI=1S/C9H12F4N2O/c10-3-5-15-4-1-8(14-15)7-16-6-2-9(11,12)13/h1,4H,2-3,5-7H2. The van der Waals surface area contributed by atoms with Crippen molar-refractivity contribution in [2.24, 2.45) is 0 Å². The zero-order valence-corrected chi connectivity index (χ0v) is 8.50. The molecule has 0 aromatic carbocycles. The maximum Gasteiger partial charge on any atom is 0.391 e. The second-order valence-corrected chi connectivity index (χ2v) is 3.18. The Bertz CT molecular complexity index is 311. The van der Waals surface area contributed by atoms with Crippen LogP contribution in [0.4, 0.5) is 17.6 Å². The van der Waals surface area contributed by atoms with Gasteiger partial charge in [-0.1, -0.05) is 0 Å². The van der Waals surface area contributed by atoms with Crippen molar-refractivity contribution in [3.63, 3.8) is 0 Å². The average Bonchev–Trinajstić information content (AvgIpc) is 2.60. The van der Waals surface area contributed by atoms with Gasteiger partial charge in [0.25, 0.3) is 0 Å². The van der Waals surface area contributed by atoms with Gasteiger partial charge in [0.15, 0.2) is 0 Å². The monoisotopic (exact) mass is 240 g/mol. The van der Waals surface area contributed by atoms with Crippen LogP contribution in [-0.4, -0.2) is 29.2 Å². The van der Waals surface area contributed by atoms with Crippen molar-refractivity contribution < 1.29 is 22.3 Å². The molecule has 0 aliphatic heterocycles. The van der Waals surface area contributed by atoms with Gasteiger partial charge in [0.2, 0.25) is 0 Å². The van der Waals surface area contributed by atoms with Crippen LogP contribution in [-0.2, 0) is 17.9 Å². The SMILES string of the molecule is FCCn1ccc(COCCC(F)(F)F)n1. The summed E-state index contributed by atoms with van der Waals surface area (Å²) in [5.41, 5.74) is 0.496. The largest absolute Gasteiger partial charge is 0.391 e. The highest BCUT2D eigenvalue weighted by molar-refractivity contribution is 4.96. The molecule has 1 aromatic heterocycles. The van der Waals surface area contributed by atoms with Crippen LogP contribution in [0.3, 0.4) is 0 Å². The first-order valence-electron chi connectivity index (χ1n) is 4.74. The van der Waals surface area contributed by atoms with Gasteiger partial charge < -0.3 is 4.74 Å². The van der Waals surface area contributed by atoms with E-state index < -0.39 is 19.3 Å². The predicted molar refractivity (Wildman–Crippen MR) is 48.5 cm³/mol. The van der Waals surface area contributed by atoms with E-state index in [1.54, 1.807) is 12.3 Å². The maximum atomic E-state index is 11.9. The lowest BCUT2D eigenvalue weighted by Gasteiger charge is -2.05. The maximum absolute atomic E-state index is 11.9. The Hall–Kier alpha value is -1.11. The lowest BCUT2D eigenvalue weighted by molar-refractivity contribution is -0.146. The van der Waals surface area contributed by atoms with E-state index in [9.17, 15) is 17.6 Å². The second kappa shape index (κ2) is 5.83. The van der Waals surface area contributed by atoms with Crippen LogP contribution < -0.4 is 0 Å². The fourth-order valence-corrected chi connectivity index (χ4v) is 1.06. The first-order valence-corrected chi connectivity index (χ1v) is 4.74. The van der Waals surface area contributed by atoms with Crippen LogP contribution in [0.5, 0.6) is 0 Å². The zero-order chi connectivity index (χ0) is 12.0. The van der Waals surface area contributed by atoms with E-state index in [4.69, 9.17) is 4.74 Å². The van der Waals surface area contributed by atoms with Gasteiger partial charge in [-0.05, 0) is 6.07 Å². The smallest absolute Gasteiger partial charge is 0.375 e. The number of ether oxygens (including phenoxy) is 1. The van der Waals surface area contributed by atoms with E-state index in [1.165, 1.54) is 4.68 Å². The summed E-state index contributed by atoms with van der Waals surface area (Å²) in [6, 6.07) is 1.59. The molecule has 0 saturated carbocycles. The summed E-state index contributed by atoms with van der Waals surface area (Å²) in [4.78, 5) is 0. The molecule has 0 atom stereocenters. The Morgan fingerprint density at radius 1 is 1.38 bits per heavy atom. The number of rotatable bonds is 6. The van der Waals surface area contributed by atoms with Crippen molar-refractivity contribution in [1.29, 1.82) is 0 Å². The van der Waals surface area contributed by atoms with Gasteiger partial charge in [0, 0.05) is 6.20 Å². The van der Waals surface area contributed by atoms with E-state index in [-0.39, 0.29) is 19.8 Å². The predicted octanol–water partition coefficient (Wildman–Crippen LogP) is 2.32.